The molecule has 0 spiro atoms. The number of H-pyrrole nitrogens is 1. The van der Waals surface area contributed by atoms with Crippen molar-refractivity contribution in [1.82, 2.24) is 14.5 Å². The normalized spacial score (nSPS) is 26.7. The number of hydrogen-bond acceptors (Lipinski definition) is 5. The number of fused-ring (bicyclic) bond motifs is 1. The van der Waals surface area contributed by atoms with Crippen LogP contribution in [-0.2, 0) is 14.8 Å². The number of nitrogens with one attached hydrogen (secondary N) is 1. The average molecular weight is 315 g/mol. The van der Waals surface area contributed by atoms with Crippen LogP contribution in [0.2, 0.25) is 0 Å². The van der Waals surface area contributed by atoms with Crippen LogP contribution in [0, 0.1) is 6.92 Å². The minimum atomic E-state index is -3.94. The Morgan fingerprint density at radius 1 is 1.48 bits per heavy atom. The highest BCUT2D eigenvalue weighted by atomic mass is 32.2. The van der Waals surface area contributed by atoms with E-state index in [0.29, 0.717) is 6.61 Å². The summed E-state index contributed by atoms with van der Waals surface area (Å²) in [6, 6.07) is -0.220. The summed E-state index contributed by atoms with van der Waals surface area (Å²) in [5.41, 5.74) is -0.0478. The van der Waals surface area contributed by atoms with E-state index in [-0.39, 0.29) is 29.9 Å². The first-order valence-electron chi connectivity index (χ1n) is 6.84. The second-order valence-corrected chi connectivity index (χ2v) is 7.16. The summed E-state index contributed by atoms with van der Waals surface area (Å²) in [5.74, 6) is -1.30. The molecule has 116 valence electrons. The van der Waals surface area contributed by atoms with Gasteiger partial charge < -0.3 is 9.84 Å². The Morgan fingerprint density at radius 3 is 2.95 bits per heavy atom. The van der Waals surface area contributed by atoms with E-state index >= 15 is 0 Å². The summed E-state index contributed by atoms with van der Waals surface area (Å²) in [7, 11) is -3.94. The van der Waals surface area contributed by atoms with E-state index in [4.69, 9.17) is 4.74 Å². The van der Waals surface area contributed by atoms with Gasteiger partial charge in [0.15, 0.2) is 0 Å². The van der Waals surface area contributed by atoms with Gasteiger partial charge in [0.25, 0.3) is 10.0 Å². The topological polar surface area (TPSA) is 113 Å². The second-order valence-electron chi connectivity index (χ2n) is 5.36. The van der Waals surface area contributed by atoms with E-state index in [9.17, 15) is 18.3 Å². The van der Waals surface area contributed by atoms with Gasteiger partial charge in [-0.15, -0.1) is 0 Å². The number of carbonyl (C=O) groups is 1. The Hall–Kier alpha value is -1.45. The third-order valence-electron chi connectivity index (χ3n) is 4.11. The van der Waals surface area contributed by atoms with E-state index in [1.807, 2.05) is 0 Å². The lowest BCUT2D eigenvalue weighted by molar-refractivity contribution is -0.0242. The standard InChI is InChI=1S/C12H17N3O5S/c1-7-10(12(16)17)11(14-13-7)21(18,19)15-5-6-20-9-4-2-3-8(9)15/h8-9H,2-6H2,1H3,(H,13,14)(H,16,17). The van der Waals surface area contributed by atoms with Crippen LogP contribution in [-0.4, -0.2) is 59.3 Å². The first-order valence-corrected chi connectivity index (χ1v) is 8.28. The third-order valence-corrected chi connectivity index (χ3v) is 5.97. The summed E-state index contributed by atoms with van der Waals surface area (Å²) in [6.07, 6.45) is 2.38. The molecule has 1 aromatic heterocycles. The van der Waals surface area contributed by atoms with Crippen LogP contribution >= 0.6 is 0 Å². The number of nitrogens with zero attached hydrogens (tertiary/aromatic N) is 2. The van der Waals surface area contributed by atoms with Crippen LogP contribution in [0.4, 0.5) is 0 Å². The molecule has 0 amide bonds. The maximum Gasteiger partial charge on any atom is 0.340 e. The molecule has 2 fully saturated rings. The van der Waals surface area contributed by atoms with Gasteiger partial charge >= 0.3 is 5.97 Å². The van der Waals surface area contributed by atoms with Gasteiger partial charge in [-0.3, -0.25) is 5.10 Å². The van der Waals surface area contributed by atoms with Crippen molar-refractivity contribution in [3.05, 3.63) is 11.3 Å². The lowest BCUT2D eigenvalue weighted by Gasteiger charge is -2.36. The van der Waals surface area contributed by atoms with Gasteiger partial charge in [-0.2, -0.15) is 9.40 Å². The molecule has 1 saturated carbocycles. The molecule has 0 radical (unpaired) electrons. The van der Waals surface area contributed by atoms with Crippen molar-refractivity contribution in [3.8, 4) is 0 Å². The molecule has 9 heteroatoms. The summed E-state index contributed by atoms with van der Waals surface area (Å²) in [5, 5.41) is 15.0. The molecule has 1 saturated heterocycles. The number of aromatic carboxylic acids is 1. The largest absolute Gasteiger partial charge is 0.478 e. The third kappa shape index (κ3) is 2.25. The zero-order valence-corrected chi connectivity index (χ0v) is 12.4. The Labute approximate surface area is 122 Å². The van der Waals surface area contributed by atoms with Crippen molar-refractivity contribution in [1.29, 1.82) is 0 Å². The van der Waals surface area contributed by atoms with E-state index in [0.717, 1.165) is 19.3 Å². The number of hydrogen-bond donors (Lipinski definition) is 2. The van der Waals surface area contributed by atoms with Gasteiger partial charge in [0.2, 0.25) is 5.03 Å². The van der Waals surface area contributed by atoms with Crippen LogP contribution in [0.5, 0.6) is 0 Å². The average Bonchev–Trinajstić information content (AvgIpc) is 3.03. The molecule has 2 aliphatic rings. The number of carboxylic acids is 1. The molecular formula is C12H17N3O5S. The number of carboxylic acid groups (broad SMARTS) is 1. The van der Waals surface area contributed by atoms with E-state index in [1.54, 1.807) is 0 Å². The maximum atomic E-state index is 12.8. The summed E-state index contributed by atoms with van der Waals surface area (Å²) >= 11 is 0. The van der Waals surface area contributed by atoms with E-state index < -0.39 is 21.0 Å². The Bertz CT molecular complexity index is 668. The number of aromatic amines is 1. The number of aromatic nitrogens is 2. The highest BCUT2D eigenvalue weighted by molar-refractivity contribution is 7.89. The summed E-state index contributed by atoms with van der Waals surface area (Å²) in [6.45, 7) is 2.05. The van der Waals surface area contributed by atoms with Crippen molar-refractivity contribution < 1.29 is 23.1 Å². The molecule has 2 heterocycles. The second kappa shape index (κ2) is 5.08. The fourth-order valence-corrected chi connectivity index (χ4v) is 4.94. The molecule has 1 aromatic rings. The van der Waals surface area contributed by atoms with Crippen molar-refractivity contribution in [2.75, 3.05) is 13.2 Å². The summed E-state index contributed by atoms with van der Waals surface area (Å²) < 4.78 is 32.5. The highest BCUT2D eigenvalue weighted by Crippen LogP contribution is 2.34. The molecule has 8 nitrogen and oxygen atoms in total. The first kappa shape index (κ1) is 14.5. The molecule has 21 heavy (non-hydrogen) atoms. The zero-order chi connectivity index (χ0) is 15.2. The number of rotatable bonds is 3. The predicted molar refractivity (Wildman–Crippen MR) is 71.6 cm³/mol. The van der Waals surface area contributed by atoms with E-state index in [1.165, 1.54) is 11.2 Å². The quantitative estimate of drug-likeness (QED) is 0.832. The smallest absolute Gasteiger partial charge is 0.340 e. The SMILES string of the molecule is Cc1[nH]nc(S(=O)(=O)N2CCOC3CCCC32)c1C(=O)O. The lowest BCUT2D eigenvalue weighted by Crippen LogP contribution is -2.51. The predicted octanol–water partition coefficient (Wildman–Crippen LogP) is 0.358. The molecule has 1 aliphatic heterocycles. The molecule has 0 aromatic carbocycles. The van der Waals surface area contributed by atoms with Crippen LogP contribution in [0.1, 0.15) is 35.3 Å². The molecule has 3 rings (SSSR count). The number of morpholine rings is 1. The molecule has 1 aliphatic carbocycles. The van der Waals surface area contributed by atoms with Gasteiger partial charge in [0.1, 0.15) is 5.56 Å². The van der Waals surface area contributed by atoms with E-state index in [2.05, 4.69) is 10.2 Å². The number of sulfonamides is 1. The highest BCUT2D eigenvalue weighted by Gasteiger charge is 2.44. The fourth-order valence-electron chi connectivity index (χ4n) is 3.15. The Kier molecular flexibility index (Phi) is 3.50. The maximum absolute atomic E-state index is 12.8. The van der Waals surface area contributed by atoms with Gasteiger partial charge in [-0.25, -0.2) is 13.2 Å². The van der Waals surface area contributed by atoms with Crippen LogP contribution < -0.4 is 0 Å². The number of ether oxygens (including phenoxy) is 1. The minimum absolute atomic E-state index is 0.0955. The van der Waals surface area contributed by atoms with Gasteiger partial charge in [0.05, 0.1) is 18.8 Å². The van der Waals surface area contributed by atoms with Crippen molar-refractivity contribution >= 4 is 16.0 Å². The molecule has 0 bridgehead atoms. The lowest BCUT2D eigenvalue weighted by atomic mass is 10.2. The van der Waals surface area contributed by atoms with Crippen LogP contribution in [0.3, 0.4) is 0 Å². The monoisotopic (exact) mass is 315 g/mol. The van der Waals surface area contributed by atoms with Crippen molar-refractivity contribution in [2.45, 2.75) is 43.4 Å². The number of aryl methyl sites for hydroxylation is 1. The molecule has 2 atom stereocenters. The van der Waals surface area contributed by atoms with Gasteiger partial charge in [0, 0.05) is 12.2 Å². The van der Waals surface area contributed by atoms with Crippen LogP contribution in [0.15, 0.2) is 5.03 Å². The van der Waals surface area contributed by atoms with Crippen molar-refractivity contribution in [3.63, 3.8) is 0 Å². The van der Waals surface area contributed by atoms with Gasteiger partial charge in [-0.05, 0) is 26.2 Å². The fraction of sp³-hybridized carbons (Fsp3) is 0.667. The van der Waals surface area contributed by atoms with Crippen LogP contribution in [0.25, 0.3) is 0 Å². The zero-order valence-electron chi connectivity index (χ0n) is 11.6. The molecular weight excluding hydrogens is 298 g/mol. The van der Waals surface area contributed by atoms with Gasteiger partial charge in [-0.1, -0.05) is 0 Å². The minimum Gasteiger partial charge on any atom is -0.478 e. The Morgan fingerprint density at radius 2 is 2.24 bits per heavy atom. The first-order chi connectivity index (χ1) is 9.93. The summed E-state index contributed by atoms with van der Waals surface area (Å²) in [4.78, 5) is 11.3. The Balaban J connectivity index is 2.02. The van der Waals surface area contributed by atoms with Crippen molar-refractivity contribution in [2.24, 2.45) is 0 Å². The molecule has 2 N–H and O–H groups in total. The molecule has 2 unspecified atom stereocenters.